The van der Waals surface area contributed by atoms with E-state index in [2.05, 4.69) is 6.58 Å². The lowest BCUT2D eigenvalue weighted by Crippen LogP contribution is -2.30. The highest BCUT2D eigenvalue weighted by atomic mass is 16.5. The minimum Gasteiger partial charge on any atom is -0.496 e. The molecule has 0 radical (unpaired) electrons. The van der Waals surface area contributed by atoms with E-state index >= 15 is 0 Å². The number of allylic oxidation sites excluding steroid dienone is 1. The van der Waals surface area contributed by atoms with E-state index in [9.17, 15) is 4.79 Å². The molecule has 0 fully saturated rings. The van der Waals surface area contributed by atoms with Crippen molar-refractivity contribution in [2.45, 2.75) is 19.9 Å². The van der Waals surface area contributed by atoms with Crippen molar-refractivity contribution < 1.29 is 9.53 Å². The van der Waals surface area contributed by atoms with Gasteiger partial charge in [-0.25, -0.2) is 0 Å². The first-order valence-corrected chi connectivity index (χ1v) is 6.34. The van der Waals surface area contributed by atoms with Gasteiger partial charge in [0.25, 0.3) is 0 Å². The number of amides is 1. The number of carbonyl (C=O) groups excluding carboxylic acids is 1. The van der Waals surface area contributed by atoms with E-state index in [1.54, 1.807) is 18.1 Å². The molecule has 0 aromatic heterocycles. The summed E-state index contributed by atoms with van der Waals surface area (Å²) in [6.45, 7) is 6.68. The van der Waals surface area contributed by atoms with Gasteiger partial charge in [0, 0.05) is 25.1 Å². The fourth-order valence-corrected chi connectivity index (χ4v) is 1.80. The minimum atomic E-state index is 0.0870. The lowest BCUT2D eigenvalue weighted by Gasteiger charge is -2.21. The first-order chi connectivity index (χ1) is 9.22. The molecule has 102 valence electrons. The van der Waals surface area contributed by atoms with Crippen LogP contribution in [0.1, 0.15) is 18.9 Å². The Morgan fingerprint density at radius 1 is 1.42 bits per heavy atom. The van der Waals surface area contributed by atoms with Crippen LogP contribution in [-0.4, -0.2) is 24.5 Å². The molecule has 0 saturated heterocycles. The average Bonchev–Trinajstić information content (AvgIpc) is 2.44. The molecule has 0 aliphatic heterocycles. The summed E-state index contributed by atoms with van der Waals surface area (Å²) in [5, 5.41) is 0. The van der Waals surface area contributed by atoms with Crippen LogP contribution >= 0.6 is 0 Å². The Morgan fingerprint density at radius 3 is 2.79 bits per heavy atom. The Balaban J connectivity index is 2.82. The average molecular weight is 259 g/mol. The Kier molecular flexibility index (Phi) is 6.44. The van der Waals surface area contributed by atoms with Crippen LogP contribution in [0.3, 0.4) is 0 Å². The third-order valence-electron chi connectivity index (χ3n) is 2.78. The summed E-state index contributed by atoms with van der Waals surface area (Å²) in [7, 11) is 1.64. The summed E-state index contributed by atoms with van der Waals surface area (Å²) in [6, 6.07) is 7.73. The number of hydrogen-bond acceptors (Lipinski definition) is 2. The molecule has 1 aromatic carbocycles. The van der Waals surface area contributed by atoms with Gasteiger partial charge in [-0.1, -0.05) is 36.4 Å². The Labute approximate surface area is 115 Å². The third-order valence-corrected chi connectivity index (χ3v) is 2.78. The summed E-state index contributed by atoms with van der Waals surface area (Å²) < 4.78 is 5.31. The van der Waals surface area contributed by atoms with Crippen LogP contribution in [0.15, 0.2) is 49.1 Å². The molecule has 1 rings (SSSR count). The molecule has 1 aromatic rings. The number of carbonyl (C=O) groups is 1. The van der Waals surface area contributed by atoms with Gasteiger partial charge in [-0.3, -0.25) is 4.79 Å². The Hall–Kier alpha value is -2.03. The topological polar surface area (TPSA) is 29.5 Å². The summed E-state index contributed by atoms with van der Waals surface area (Å²) in [5.41, 5.74) is 1.00. The smallest absolute Gasteiger partial charge is 0.226 e. The first kappa shape index (κ1) is 15.0. The van der Waals surface area contributed by atoms with Gasteiger partial charge in [-0.15, -0.1) is 6.58 Å². The zero-order valence-corrected chi connectivity index (χ0v) is 11.6. The second kappa shape index (κ2) is 8.14. The molecule has 1 amide bonds. The quantitative estimate of drug-likeness (QED) is 0.704. The van der Waals surface area contributed by atoms with E-state index in [1.807, 2.05) is 43.3 Å². The fraction of sp³-hybridized carbons (Fsp3) is 0.312. The SMILES string of the molecule is C=CCN(Cc1ccccc1OC)C(=O)C/C=C/C. The molecule has 0 spiro atoms. The summed E-state index contributed by atoms with van der Waals surface area (Å²) in [5.74, 6) is 0.888. The maximum Gasteiger partial charge on any atom is 0.226 e. The van der Waals surface area contributed by atoms with Gasteiger partial charge < -0.3 is 9.64 Å². The van der Waals surface area contributed by atoms with E-state index in [1.165, 1.54) is 0 Å². The zero-order valence-electron chi connectivity index (χ0n) is 11.6. The van der Waals surface area contributed by atoms with Crippen LogP contribution in [0.4, 0.5) is 0 Å². The number of para-hydroxylation sites is 1. The third kappa shape index (κ3) is 4.62. The Morgan fingerprint density at radius 2 is 2.16 bits per heavy atom. The lowest BCUT2D eigenvalue weighted by atomic mass is 10.1. The second-order valence-electron chi connectivity index (χ2n) is 4.15. The number of benzene rings is 1. The first-order valence-electron chi connectivity index (χ1n) is 6.34. The number of ether oxygens (including phenoxy) is 1. The van der Waals surface area contributed by atoms with Crippen molar-refractivity contribution in [1.82, 2.24) is 4.90 Å². The van der Waals surface area contributed by atoms with Crippen LogP contribution in [0.2, 0.25) is 0 Å². The standard InChI is InChI=1S/C16H21NO2/c1-4-6-11-16(18)17(12-5-2)13-14-9-7-8-10-15(14)19-3/h4-10H,2,11-13H2,1,3H3/b6-4+. The van der Waals surface area contributed by atoms with Crippen molar-refractivity contribution in [3.63, 3.8) is 0 Å². The molecular formula is C16H21NO2. The normalized spacial score (nSPS) is 10.4. The fourth-order valence-electron chi connectivity index (χ4n) is 1.80. The van der Waals surface area contributed by atoms with E-state index in [0.717, 1.165) is 11.3 Å². The molecule has 0 unspecified atom stereocenters. The molecule has 0 N–H and O–H groups in total. The summed E-state index contributed by atoms with van der Waals surface area (Å²) in [6.07, 6.45) is 5.90. The maximum absolute atomic E-state index is 12.1. The van der Waals surface area contributed by atoms with Gasteiger partial charge in [0.2, 0.25) is 5.91 Å². The van der Waals surface area contributed by atoms with Crippen molar-refractivity contribution in [3.8, 4) is 5.75 Å². The van der Waals surface area contributed by atoms with Crippen LogP contribution in [-0.2, 0) is 11.3 Å². The Bertz CT molecular complexity index is 452. The van der Waals surface area contributed by atoms with Crippen molar-refractivity contribution in [2.24, 2.45) is 0 Å². The molecule has 0 aliphatic carbocycles. The van der Waals surface area contributed by atoms with Gasteiger partial charge in [0.1, 0.15) is 5.75 Å². The number of nitrogens with zero attached hydrogens (tertiary/aromatic N) is 1. The predicted octanol–water partition coefficient (Wildman–Crippen LogP) is 3.18. The molecule has 19 heavy (non-hydrogen) atoms. The zero-order chi connectivity index (χ0) is 14.1. The number of hydrogen-bond donors (Lipinski definition) is 0. The van der Waals surface area contributed by atoms with Gasteiger partial charge in [0.15, 0.2) is 0 Å². The van der Waals surface area contributed by atoms with E-state index < -0.39 is 0 Å². The highest BCUT2D eigenvalue weighted by molar-refractivity contribution is 5.77. The van der Waals surface area contributed by atoms with Crippen molar-refractivity contribution in [2.75, 3.05) is 13.7 Å². The van der Waals surface area contributed by atoms with E-state index in [0.29, 0.717) is 19.5 Å². The molecule has 0 atom stereocenters. The molecule has 0 saturated carbocycles. The predicted molar refractivity (Wildman–Crippen MR) is 78.0 cm³/mol. The van der Waals surface area contributed by atoms with Crippen LogP contribution < -0.4 is 4.74 Å². The molecule has 3 heteroatoms. The van der Waals surface area contributed by atoms with E-state index in [4.69, 9.17) is 4.74 Å². The monoisotopic (exact) mass is 259 g/mol. The van der Waals surface area contributed by atoms with Gasteiger partial charge in [-0.2, -0.15) is 0 Å². The molecule has 0 bridgehead atoms. The van der Waals surface area contributed by atoms with Crippen molar-refractivity contribution >= 4 is 5.91 Å². The summed E-state index contributed by atoms with van der Waals surface area (Å²) in [4.78, 5) is 13.9. The largest absolute Gasteiger partial charge is 0.496 e. The second-order valence-corrected chi connectivity index (χ2v) is 4.15. The highest BCUT2D eigenvalue weighted by Gasteiger charge is 2.13. The molecule has 3 nitrogen and oxygen atoms in total. The minimum absolute atomic E-state index is 0.0870. The van der Waals surface area contributed by atoms with Crippen molar-refractivity contribution in [3.05, 3.63) is 54.6 Å². The van der Waals surface area contributed by atoms with Crippen LogP contribution in [0, 0.1) is 0 Å². The maximum atomic E-state index is 12.1. The molecule has 0 aliphatic rings. The molecule has 0 heterocycles. The van der Waals surface area contributed by atoms with Gasteiger partial charge in [-0.05, 0) is 13.0 Å². The summed E-state index contributed by atoms with van der Waals surface area (Å²) >= 11 is 0. The lowest BCUT2D eigenvalue weighted by molar-refractivity contribution is -0.130. The van der Waals surface area contributed by atoms with Crippen molar-refractivity contribution in [1.29, 1.82) is 0 Å². The highest BCUT2D eigenvalue weighted by Crippen LogP contribution is 2.19. The van der Waals surface area contributed by atoms with Crippen LogP contribution in [0.25, 0.3) is 0 Å². The number of methoxy groups -OCH3 is 1. The van der Waals surface area contributed by atoms with E-state index in [-0.39, 0.29) is 5.91 Å². The van der Waals surface area contributed by atoms with Gasteiger partial charge in [0.05, 0.1) is 7.11 Å². The van der Waals surface area contributed by atoms with Gasteiger partial charge >= 0.3 is 0 Å². The number of rotatable bonds is 7. The van der Waals surface area contributed by atoms with Crippen LogP contribution in [0.5, 0.6) is 5.75 Å². The molecular weight excluding hydrogens is 238 g/mol.